The van der Waals surface area contributed by atoms with Gasteiger partial charge in [0, 0.05) is 30.1 Å². The van der Waals surface area contributed by atoms with Gasteiger partial charge in [0.05, 0.1) is 24.4 Å². The molecule has 1 N–H and O–H groups in total. The fourth-order valence-corrected chi connectivity index (χ4v) is 5.65. The molecule has 0 saturated carbocycles. The first kappa shape index (κ1) is 18.0. The van der Waals surface area contributed by atoms with Crippen molar-refractivity contribution in [3.8, 4) is 0 Å². The number of ether oxygens (including phenoxy) is 1. The summed E-state index contributed by atoms with van der Waals surface area (Å²) in [4.78, 5) is 36.3. The summed E-state index contributed by atoms with van der Waals surface area (Å²) in [6.07, 6.45) is 4.95. The van der Waals surface area contributed by atoms with Crippen LogP contribution >= 0.6 is 23.1 Å². The summed E-state index contributed by atoms with van der Waals surface area (Å²) in [5.41, 5.74) is 1.22. The molecule has 3 heterocycles. The number of carbonyl (C=O) groups is 1. The van der Waals surface area contributed by atoms with Crippen LogP contribution in [0.25, 0.3) is 10.2 Å². The number of morpholine rings is 1. The lowest BCUT2D eigenvalue weighted by Gasteiger charge is -2.26. The molecular weight excluding hydrogens is 370 g/mol. The summed E-state index contributed by atoms with van der Waals surface area (Å²) in [7, 11) is 0. The summed E-state index contributed by atoms with van der Waals surface area (Å²) >= 11 is 3.32. The monoisotopic (exact) mass is 393 g/mol. The SMILES string of the molecule is O=C(CCSCc1nc2sc3c(c2c(=O)[nH]1)CCCC3)N1CCOCC1. The van der Waals surface area contributed by atoms with E-state index >= 15 is 0 Å². The lowest BCUT2D eigenvalue weighted by molar-refractivity contribution is -0.134. The molecule has 140 valence electrons. The summed E-state index contributed by atoms with van der Waals surface area (Å²) in [5.74, 6) is 2.26. The van der Waals surface area contributed by atoms with Crippen molar-refractivity contribution in [3.05, 3.63) is 26.6 Å². The molecule has 2 aromatic heterocycles. The van der Waals surface area contributed by atoms with Crippen LogP contribution in [0.5, 0.6) is 0 Å². The lowest BCUT2D eigenvalue weighted by Crippen LogP contribution is -2.40. The minimum absolute atomic E-state index is 0.00519. The number of thioether (sulfide) groups is 1. The van der Waals surface area contributed by atoms with Crippen LogP contribution in [-0.2, 0) is 28.1 Å². The van der Waals surface area contributed by atoms with Crippen LogP contribution in [-0.4, -0.2) is 52.8 Å². The van der Waals surface area contributed by atoms with Crippen LogP contribution in [0.15, 0.2) is 4.79 Å². The molecule has 0 spiro atoms. The first-order chi connectivity index (χ1) is 12.7. The Labute approximate surface area is 160 Å². The van der Waals surface area contributed by atoms with Crippen molar-refractivity contribution in [2.45, 2.75) is 37.9 Å². The van der Waals surface area contributed by atoms with E-state index in [2.05, 4.69) is 9.97 Å². The van der Waals surface area contributed by atoms with Crippen LogP contribution in [0.4, 0.5) is 0 Å². The Hall–Kier alpha value is -1.38. The number of nitrogens with one attached hydrogen (secondary N) is 1. The fraction of sp³-hybridized carbons (Fsp3) is 0.611. The van der Waals surface area contributed by atoms with Gasteiger partial charge >= 0.3 is 0 Å². The molecule has 1 amide bonds. The number of carbonyl (C=O) groups excluding carboxylic acids is 1. The van der Waals surface area contributed by atoms with Gasteiger partial charge in [-0.1, -0.05) is 0 Å². The van der Waals surface area contributed by atoms with Gasteiger partial charge < -0.3 is 14.6 Å². The van der Waals surface area contributed by atoms with Gasteiger partial charge in [0.1, 0.15) is 10.7 Å². The molecule has 6 nitrogen and oxygen atoms in total. The van der Waals surface area contributed by atoms with Gasteiger partial charge in [0.25, 0.3) is 5.56 Å². The zero-order chi connectivity index (χ0) is 17.9. The molecule has 2 aromatic rings. The molecule has 1 saturated heterocycles. The summed E-state index contributed by atoms with van der Waals surface area (Å²) < 4.78 is 5.27. The minimum Gasteiger partial charge on any atom is -0.378 e. The van der Waals surface area contributed by atoms with Crippen molar-refractivity contribution < 1.29 is 9.53 Å². The normalized spacial score (nSPS) is 17.5. The minimum atomic E-state index is -0.00519. The van der Waals surface area contributed by atoms with Crippen LogP contribution in [0, 0.1) is 0 Å². The van der Waals surface area contributed by atoms with Crippen molar-refractivity contribution in [3.63, 3.8) is 0 Å². The molecule has 8 heteroatoms. The van der Waals surface area contributed by atoms with Crippen LogP contribution in [0.1, 0.15) is 35.5 Å². The molecular formula is C18H23N3O3S2. The largest absolute Gasteiger partial charge is 0.378 e. The second kappa shape index (κ2) is 8.10. The second-order valence-electron chi connectivity index (χ2n) is 6.70. The van der Waals surface area contributed by atoms with E-state index in [0.717, 1.165) is 35.2 Å². The van der Waals surface area contributed by atoms with E-state index in [-0.39, 0.29) is 11.5 Å². The van der Waals surface area contributed by atoms with E-state index in [0.29, 0.717) is 44.3 Å². The maximum absolute atomic E-state index is 12.5. The molecule has 2 aliphatic rings. The van der Waals surface area contributed by atoms with E-state index in [1.807, 2.05) is 4.90 Å². The van der Waals surface area contributed by atoms with Gasteiger partial charge in [-0.15, -0.1) is 11.3 Å². The predicted octanol–water partition coefficient (Wildman–Crippen LogP) is 2.35. The number of amides is 1. The van der Waals surface area contributed by atoms with Crippen LogP contribution < -0.4 is 5.56 Å². The van der Waals surface area contributed by atoms with E-state index in [4.69, 9.17) is 4.74 Å². The van der Waals surface area contributed by atoms with E-state index in [1.165, 1.54) is 16.9 Å². The maximum Gasteiger partial charge on any atom is 0.259 e. The topological polar surface area (TPSA) is 75.3 Å². The van der Waals surface area contributed by atoms with Crippen molar-refractivity contribution in [2.75, 3.05) is 32.1 Å². The highest BCUT2D eigenvalue weighted by Gasteiger charge is 2.20. The zero-order valence-corrected chi connectivity index (χ0v) is 16.3. The quantitative estimate of drug-likeness (QED) is 0.789. The van der Waals surface area contributed by atoms with Gasteiger partial charge in [0.15, 0.2) is 0 Å². The molecule has 1 aliphatic carbocycles. The molecule has 0 radical (unpaired) electrons. The molecule has 1 fully saturated rings. The zero-order valence-electron chi connectivity index (χ0n) is 14.7. The molecule has 1 aliphatic heterocycles. The van der Waals surface area contributed by atoms with Crippen molar-refractivity contribution in [1.29, 1.82) is 0 Å². The Morgan fingerprint density at radius 2 is 2.08 bits per heavy atom. The van der Waals surface area contributed by atoms with Gasteiger partial charge in [-0.25, -0.2) is 4.98 Å². The highest BCUT2D eigenvalue weighted by molar-refractivity contribution is 7.98. The van der Waals surface area contributed by atoms with Gasteiger partial charge in [0.2, 0.25) is 5.91 Å². The van der Waals surface area contributed by atoms with Gasteiger partial charge in [-0.2, -0.15) is 11.8 Å². The number of H-pyrrole nitrogens is 1. The Morgan fingerprint density at radius 3 is 2.92 bits per heavy atom. The third-order valence-electron chi connectivity index (χ3n) is 4.94. The van der Waals surface area contributed by atoms with Crippen molar-refractivity contribution in [1.82, 2.24) is 14.9 Å². The third-order valence-corrected chi connectivity index (χ3v) is 7.09. The summed E-state index contributed by atoms with van der Waals surface area (Å²) in [6, 6.07) is 0. The number of fused-ring (bicyclic) bond motifs is 3. The van der Waals surface area contributed by atoms with E-state index < -0.39 is 0 Å². The van der Waals surface area contributed by atoms with Crippen molar-refractivity contribution in [2.24, 2.45) is 0 Å². The molecule has 0 bridgehead atoms. The number of hydrogen-bond acceptors (Lipinski definition) is 6. The van der Waals surface area contributed by atoms with Crippen LogP contribution in [0.3, 0.4) is 0 Å². The molecule has 0 unspecified atom stereocenters. The third kappa shape index (κ3) is 3.82. The maximum atomic E-state index is 12.5. The number of hydrogen-bond donors (Lipinski definition) is 1. The Morgan fingerprint density at radius 1 is 1.27 bits per heavy atom. The Kier molecular flexibility index (Phi) is 5.61. The highest BCUT2D eigenvalue weighted by atomic mass is 32.2. The number of aromatic nitrogens is 2. The first-order valence-corrected chi connectivity index (χ1v) is 11.2. The molecule has 26 heavy (non-hydrogen) atoms. The lowest BCUT2D eigenvalue weighted by atomic mass is 9.97. The number of rotatable bonds is 5. The predicted molar refractivity (Wildman–Crippen MR) is 105 cm³/mol. The molecule has 4 rings (SSSR count). The summed E-state index contributed by atoms with van der Waals surface area (Å²) in [5, 5.41) is 0.806. The molecule has 0 aromatic carbocycles. The first-order valence-electron chi connectivity index (χ1n) is 9.19. The number of aryl methyl sites for hydroxylation is 2. The van der Waals surface area contributed by atoms with E-state index in [9.17, 15) is 9.59 Å². The number of nitrogens with zero attached hydrogens (tertiary/aromatic N) is 2. The Balaban J connectivity index is 1.35. The van der Waals surface area contributed by atoms with E-state index in [1.54, 1.807) is 23.1 Å². The summed E-state index contributed by atoms with van der Waals surface area (Å²) in [6.45, 7) is 2.65. The number of thiophene rings is 1. The van der Waals surface area contributed by atoms with Crippen LogP contribution in [0.2, 0.25) is 0 Å². The van der Waals surface area contributed by atoms with Gasteiger partial charge in [-0.3, -0.25) is 9.59 Å². The average Bonchev–Trinajstić information content (AvgIpc) is 3.04. The highest BCUT2D eigenvalue weighted by Crippen LogP contribution is 2.33. The fourth-order valence-electron chi connectivity index (χ4n) is 3.58. The second-order valence-corrected chi connectivity index (χ2v) is 8.89. The molecule has 0 atom stereocenters. The smallest absolute Gasteiger partial charge is 0.259 e. The Bertz CT molecular complexity index is 855. The number of aromatic amines is 1. The van der Waals surface area contributed by atoms with Gasteiger partial charge in [-0.05, 0) is 31.2 Å². The average molecular weight is 394 g/mol. The standard InChI is InChI=1S/C18H23N3O3S2/c22-15(21-6-8-24-9-7-21)5-10-25-11-14-19-17(23)16-12-3-1-2-4-13(12)26-18(16)20-14/h1-11H2,(H,19,20,23). The van der Waals surface area contributed by atoms with Crippen molar-refractivity contribution >= 4 is 39.2 Å².